The van der Waals surface area contributed by atoms with E-state index in [2.05, 4.69) is 4.98 Å². The molecule has 0 amide bonds. The molecule has 1 N–H and O–H groups in total. The Bertz CT molecular complexity index is 917. The van der Waals surface area contributed by atoms with E-state index in [1.807, 2.05) is 41.3 Å². The molecule has 1 aliphatic heterocycles. The zero-order chi connectivity index (χ0) is 18.1. The van der Waals surface area contributed by atoms with E-state index in [0.717, 1.165) is 18.4 Å². The molecular weight excluding hydrogens is 332 g/mol. The highest BCUT2D eigenvalue weighted by molar-refractivity contribution is 5.63. The molecule has 1 unspecified atom stereocenters. The van der Waals surface area contributed by atoms with Crippen molar-refractivity contribution < 1.29 is 10.0 Å². The van der Waals surface area contributed by atoms with Gasteiger partial charge in [0.1, 0.15) is 0 Å². The Labute approximate surface area is 150 Å². The molecule has 3 heterocycles. The van der Waals surface area contributed by atoms with Crippen LogP contribution < -0.4 is 4.90 Å². The number of pyridine rings is 1. The normalized spacial score (nSPS) is 16.7. The van der Waals surface area contributed by atoms with Gasteiger partial charge in [-0.3, -0.25) is 0 Å². The minimum atomic E-state index is -0.505. The highest BCUT2D eigenvalue weighted by Gasteiger charge is 2.32. The maximum Gasteiger partial charge on any atom is 0.372 e. The van der Waals surface area contributed by atoms with Crippen LogP contribution in [0.5, 0.6) is 0 Å². The summed E-state index contributed by atoms with van der Waals surface area (Å²) in [5.74, 6) is 0.557. The molecule has 3 aromatic rings. The van der Waals surface area contributed by atoms with E-state index in [4.69, 9.17) is 0 Å². The second-order valence-corrected chi connectivity index (χ2v) is 6.62. The van der Waals surface area contributed by atoms with Gasteiger partial charge in [0.05, 0.1) is 12.3 Å². The van der Waals surface area contributed by atoms with Crippen LogP contribution >= 0.6 is 0 Å². The van der Waals surface area contributed by atoms with Gasteiger partial charge < -0.3 is 20.1 Å². The molecule has 0 spiro atoms. The highest BCUT2D eigenvalue weighted by Crippen LogP contribution is 2.35. The first-order valence-electron chi connectivity index (χ1n) is 8.74. The van der Waals surface area contributed by atoms with Gasteiger partial charge in [0.15, 0.2) is 0 Å². The maximum atomic E-state index is 11.6. The SMILES string of the molecule is O=[N+]([O-])c1c(N2CCC(C(O)c3ccccc3)CC2)nc2ccccn12. The third-order valence-electron chi connectivity index (χ3n) is 5.09. The highest BCUT2D eigenvalue weighted by atomic mass is 16.6. The van der Waals surface area contributed by atoms with Gasteiger partial charge in [-0.05, 0) is 35.3 Å². The van der Waals surface area contributed by atoms with Crippen molar-refractivity contribution in [2.45, 2.75) is 18.9 Å². The lowest BCUT2D eigenvalue weighted by Gasteiger charge is -2.34. The van der Waals surface area contributed by atoms with E-state index in [1.54, 1.807) is 18.3 Å². The molecule has 0 aliphatic carbocycles. The molecular formula is C19H20N4O3. The molecule has 1 aromatic carbocycles. The molecule has 1 fully saturated rings. The van der Waals surface area contributed by atoms with Gasteiger partial charge >= 0.3 is 5.82 Å². The molecule has 0 bridgehead atoms. The summed E-state index contributed by atoms with van der Waals surface area (Å²) in [6.07, 6.45) is 2.69. The predicted octanol–water partition coefficient (Wildman–Crippen LogP) is 3.19. The van der Waals surface area contributed by atoms with Gasteiger partial charge in [-0.25, -0.2) is 0 Å². The minimum Gasteiger partial charge on any atom is -0.388 e. The maximum absolute atomic E-state index is 11.6. The Balaban J connectivity index is 1.54. The summed E-state index contributed by atoms with van der Waals surface area (Å²) >= 11 is 0. The molecule has 26 heavy (non-hydrogen) atoms. The van der Waals surface area contributed by atoms with Gasteiger partial charge in [0.2, 0.25) is 11.5 Å². The summed E-state index contributed by atoms with van der Waals surface area (Å²) < 4.78 is 1.51. The van der Waals surface area contributed by atoms with Crippen LogP contribution in [0.1, 0.15) is 24.5 Å². The van der Waals surface area contributed by atoms with Crippen LogP contribution in [0.25, 0.3) is 5.65 Å². The lowest BCUT2D eigenvalue weighted by Crippen LogP contribution is -2.36. The first kappa shape index (κ1) is 16.5. The van der Waals surface area contributed by atoms with Crippen molar-refractivity contribution in [2.24, 2.45) is 5.92 Å². The second-order valence-electron chi connectivity index (χ2n) is 6.62. The van der Waals surface area contributed by atoms with Crippen molar-refractivity contribution in [1.82, 2.24) is 9.38 Å². The number of fused-ring (bicyclic) bond motifs is 1. The van der Waals surface area contributed by atoms with Gasteiger partial charge in [0, 0.05) is 19.2 Å². The summed E-state index contributed by atoms with van der Waals surface area (Å²) in [5.41, 5.74) is 1.49. The number of rotatable bonds is 4. The molecule has 1 aliphatic rings. The predicted molar refractivity (Wildman–Crippen MR) is 98.2 cm³/mol. The summed E-state index contributed by atoms with van der Waals surface area (Å²) in [5, 5.41) is 22.2. The van der Waals surface area contributed by atoms with E-state index >= 15 is 0 Å². The fraction of sp³-hybridized carbons (Fsp3) is 0.316. The smallest absolute Gasteiger partial charge is 0.372 e. The van der Waals surface area contributed by atoms with Gasteiger partial charge in [-0.1, -0.05) is 36.4 Å². The Kier molecular flexibility index (Phi) is 4.30. The third-order valence-corrected chi connectivity index (χ3v) is 5.09. The number of anilines is 1. The fourth-order valence-corrected chi connectivity index (χ4v) is 3.70. The average Bonchev–Trinajstić information content (AvgIpc) is 3.08. The minimum absolute atomic E-state index is 0.00246. The van der Waals surface area contributed by atoms with Gasteiger partial charge in [-0.2, -0.15) is 9.38 Å². The molecule has 0 saturated carbocycles. The van der Waals surface area contributed by atoms with Crippen LogP contribution in [0.4, 0.5) is 11.6 Å². The van der Waals surface area contributed by atoms with Gasteiger partial charge in [-0.15, -0.1) is 0 Å². The fourth-order valence-electron chi connectivity index (χ4n) is 3.70. The number of imidazole rings is 1. The number of hydrogen-bond acceptors (Lipinski definition) is 5. The van der Waals surface area contributed by atoms with Crippen LogP contribution in [0.3, 0.4) is 0 Å². The lowest BCUT2D eigenvalue weighted by atomic mass is 9.87. The van der Waals surface area contributed by atoms with Crippen molar-refractivity contribution >= 4 is 17.3 Å². The molecule has 4 rings (SSSR count). The van der Waals surface area contributed by atoms with Crippen LogP contribution in [-0.2, 0) is 0 Å². The van der Waals surface area contributed by atoms with Crippen molar-refractivity contribution in [1.29, 1.82) is 0 Å². The van der Waals surface area contributed by atoms with Gasteiger partial charge in [0.25, 0.3) is 0 Å². The molecule has 134 valence electrons. The number of nitro groups is 1. The summed E-state index contributed by atoms with van der Waals surface area (Å²) in [6.45, 7) is 1.28. The van der Waals surface area contributed by atoms with E-state index in [9.17, 15) is 15.2 Å². The van der Waals surface area contributed by atoms with E-state index in [-0.39, 0.29) is 16.7 Å². The van der Waals surface area contributed by atoms with E-state index < -0.39 is 6.10 Å². The molecule has 1 saturated heterocycles. The Hall–Kier alpha value is -2.93. The molecule has 7 nitrogen and oxygen atoms in total. The van der Waals surface area contributed by atoms with Crippen LogP contribution in [0.2, 0.25) is 0 Å². The first-order chi connectivity index (χ1) is 12.6. The third kappa shape index (κ3) is 2.90. The topological polar surface area (TPSA) is 83.9 Å². The molecule has 0 radical (unpaired) electrons. The van der Waals surface area contributed by atoms with Crippen molar-refractivity contribution in [2.75, 3.05) is 18.0 Å². The van der Waals surface area contributed by atoms with Crippen LogP contribution in [-0.4, -0.2) is 32.5 Å². The Morgan fingerprint density at radius 3 is 2.50 bits per heavy atom. The number of piperidine rings is 1. The summed E-state index contributed by atoms with van der Waals surface area (Å²) in [7, 11) is 0. The number of aromatic nitrogens is 2. The Morgan fingerprint density at radius 2 is 1.81 bits per heavy atom. The van der Waals surface area contributed by atoms with Crippen molar-refractivity contribution in [3.8, 4) is 0 Å². The van der Waals surface area contributed by atoms with Crippen molar-refractivity contribution in [3.63, 3.8) is 0 Å². The molecule has 1 atom stereocenters. The quantitative estimate of drug-likeness (QED) is 0.576. The number of hydrogen-bond donors (Lipinski definition) is 1. The zero-order valence-electron chi connectivity index (χ0n) is 14.2. The van der Waals surface area contributed by atoms with Crippen LogP contribution in [0.15, 0.2) is 54.7 Å². The largest absolute Gasteiger partial charge is 0.388 e. The second kappa shape index (κ2) is 6.76. The standard InChI is InChI=1S/C19H20N4O3/c24-17(14-6-2-1-3-7-14)15-9-12-21(13-10-15)18-19(23(25)26)22-11-5-4-8-16(22)20-18/h1-8,11,15,17,24H,9-10,12-13H2. The van der Waals surface area contributed by atoms with E-state index in [0.29, 0.717) is 24.6 Å². The summed E-state index contributed by atoms with van der Waals surface area (Å²) in [6, 6.07) is 15.0. The zero-order valence-corrected chi connectivity index (χ0v) is 14.2. The average molecular weight is 352 g/mol. The van der Waals surface area contributed by atoms with E-state index in [1.165, 1.54) is 4.40 Å². The number of benzene rings is 1. The molecule has 7 heteroatoms. The molecule has 2 aromatic heterocycles. The Morgan fingerprint density at radius 1 is 1.12 bits per heavy atom. The first-order valence-corrected chi connectivity index (χ1v) is 8.74. The lowest BCUT2D eigenvalue weighted by molar-refractivity contribution is -0.389. The van der Waals surface area contributed by atoms with Crippen LogP contribution in [0, 0.1) is 16.0 Å². The number of aliphatic hydroxyl groups is 1. The van der Waals surface area contributed by atoms with Crippen molar-refractivity contribution in [3.05, 3.63) is 70.4 Å². The monoisotopic (exact) mass is 352 g/mol. The number of aliphatic hydroxyl groups excluding tert-OH is 1. The summed E-state index contributed by atoms with van der Waals surface area (Å²) in [4.78, 5) is 17.6. The number of nitrogens with zero attached hydrogens (tertiary/aromatic N) is 4.